The molecule has 37 heavy (non-hydrogen) atoms. The lowest BCUT2D eigenvalue weighted by Crippen LogP contribution is -2.40. The third-order valence-electron chi connectivity index (χ3n) is 3.69. The minimum absolute atomic E-state index is 0.218. The lowest BCUT2D eigenvalue weighted by Gasteiger charge is -2.25. The van der Waals surface area contributed by atoms with Gasteiger partial charge in [-0.15, -0.1) is 0 Å². The van der Waals surface area contributed by atoms with Crippen molar-refractivity contribution in [2.24, 2.45) is 5.90 Å². The predicted molar refractivity (Wildman–Crippen MR) is 146 cm³/mol. The lowest BCUT2D eigenvalue weighted by molar-refractivity contribution is -0.161. The van der Waals surface area contributed by atoms with Crippen molar-refractivity contribution in [1.82, 2.24) is 0 Å². The highest BCUT2D eigenvalue weighted by atomic mass is 33.1. The van der Waals surface area contributed by atoms with Crippen molar-refractivity contribution in [2.75, 3.05) is 34.5 Å². The smallest absolute Gasteiger partial charge is 0.303 e. The summed E-state index contributed by atoms with van der Waals surface area (Å²) in [5.74, 6) is 3.47. The second-order valence-corrected chi connectivity index (χ2v) is 14.2. The number of hydrogen-bond donors (Lipinski definition) is 2. The van der Waals surface area contributed by atoms with Gasteiger partial charge in [0.1, 0.15) is 12.2 Å². The predicted octanol–water partition coefficient (Wildman–Crippen LogP) is 1.25. The van der Waals surface area contributed by atoms with E-state index in [0.29, 0.717) is 11.5 Å². The molecule has 6 atom stereocenters. The van der Waals surface area contributed by atoms with Gasteiger partial charge in [0.05, 0.1) is 11.5 Å². The minimum Gasteiger partial charge on any atom is -0.458 e. The normalized spacial score (nSPS) is 15.9. The van der Waals surface area contributed by atoms with Crippen molar-refractivity contribution in [3.8, 4) is 0 Å². The van der Waals surface area contributed by atoms with Gasteiger partial charge in [-0.05, 0) is 0 Å². The number of carbonyl (C=O) groups excluding carboxylic acids is 4. The van der Waals surface area contributed by atoms with E-state index in [1.807, 2.05) is 0 Å². The van der Waals surface area contributed by atoms with Crippen LogP contribution in [0.1, 0.15) is 27.7 Å². The molecule has 0 aliphatic carbocycles. The van der Waals surface area contributed by atoms with Crippen LogP contribution in [0, 0.1) is 0 Å². The molecule has 0 fully saturated rings. The van der Waals surface area contributed by atoms with Crippen molar-refractivity contribution in [3.05, 3.63) is 0 Å². The van der Waals surface area contributed by atoms with E-state index in [4.69, 9.17) is 24.8 Å². The summed E-state index contributed by atoms with van der Waals surface area (Å²) in [4.78, 5) is 45.7. The van der Waals surface area contributed by atoms with Crippen molar-refractivity contribution in [3.63, 3.8) is 0 Å². The third-order valence-corrected chi connectivity index (χ3v) is 10.2. The Morgan fingerprint density at radius 1 is 0.676 bits per heavy atom. The van der Waals surface area contributed by atoms with Gasteiger partial charge in [0.25, 0.3) is 0 Å². The number of hydrogen-bond acceptors (Lipinski definition) is 16. The fraction of sp³-hybridized carbons (Fsp3) is 0.778. The third kappa shape index (κ3) is 20.1. The van der Waals surface area contributed by atoms with Gasteiger partial charge < -0.3 is 23.5 Å². The zero-order valence-corrected chi connectivity index (χ0v) is 25.4. The van der Waals surface area contributed by atoms with Gasteiger partial charge in [-0.25, -0.2) is 12.7 Å². The molecular weight excluding hydrogens is 615 g/mol. The van der Waals surface area contributed by atoms with Crippen molar-refractivity contribution >= 4 is 89.2 Å². The Morgan fingerprint density at radius 3 is 1.35 bits per heavy atom. The molecule has 216 valence electrons. The molecule has 0 spiro atoms. The maximum absolute atomic E-state index is 11.7. The molecule has 0 rings (SSSR count). The first-order valence-electron chi connectivity index (χ1n) is 10.4. The van der Waals surface area contributed by atoms with E-state index in [-0.39, 0.29) is 17.3 Å². The van der Waals surface area contributed by atoms with Gasteiger partial charge in [-0.3, -0.25) is 19.2 Å². The van der Waals surface area contributed by atoms with Crippen LogP contribution in [-0.2, 0) is 64.6 Å². The quantitative estimate of drug-likeness (QED) is 0.0479. The molecule has 0 saturated carbocycles. The zero-order chi connectivity index (χ0) is 28.4. The van der Waals surface area contributed by atoms with Crippen LogP contribution in [0.25, 0.3) is 0 Å². The lowest BCUT2D eigenvalue weighted by atomic mass is 10.2. The summed E-state index contributed by atoms with van der Waals surface area (Å²) in [5, 5.41) is 0. The SMILES string of the molecule is CC(=O)OC(CSSCCSSCC(OC(C)=O)C(CS(=O)ON)OC(C)=O)C(CS(=O)O)OC(C)=O. The van der Waals surface area contributed by atoms with E-state index in [0.717, 1.165) is 6.92 Å². The molecule has 3 N–H and O–H groups in total. The molecule has 0 aliphatic rings. The fourth-order valence-electron chi connectivity index (χ4n) is 2.45. The molecule has 6 unspecified atom stereocenters. The number of ether oxygens (including phenoxy) is 4. The monoisotopic (exact) mass is 645 g/mol. The minimum atomic E-state index is -2.26. The van der Waals surface area contributed by atoms with Crippen molar-refractivity contribution in [1.29, 1.82) is 0 Å². The molecule has 0 aliphatic heterocycles. The second-order valence-electron chi connectivity index (χ2n) is 6.86. The van der Waals surface area contributed by atoms with Gasteiger partial charge >= 0.3 is 23.9 Å². The average molecular weight is 646 g/mol. The highest BCUT2D eigenvalue weighted by Crippen LogP contribution is 2.30. The molecule has 0 saturated heterocycles. The number of esters is 4. The molecule has 0 radical (unpaired) electrons. The maximum Gasteiger partial charge on any atom is 0.303 e. The van der Waals surface area contributed by atoms with Crippen LogP contribution in [0.4, 0.5) is 0 Å². The highest BCUT2D eigenvalue weighted by Gasteiger charge is 2.31. The van der Waals surface area contributed by atoms with Gasteiger partial charge in [0, 0.05) is 50.7 Å². The van der Waals surface area contributed by atoms with Crippen LogP contribution in [-0.4, -0.2) is 95.8 Å². The Bertz CT molecular complexity index is 772. The molecule has 0 bridgehead atoms. The zero-order valence-electron chi connectivity index (χ0n) is 20.5. The summed E-state index contributed by atoms with van der Waals surface area (Å²) in [5.41, 5.74) is 0. The standard InChI is InChI=1S/C18H31NO12S6/c1-11(20)27-15(17(9-36(24)25)29-13(3)22)7-34-32-5-6-33-35-8-16(28-12(2)21)18(30-14(4)23)10-37(26)31-19/h15-18H,5-10,19H2,1-4H3,(H,24,25). The Kier molecular flexibility index (Phi) is 21.0. The van der Waals surface area contributed by atoms with E-state index >= 15 is 0 Å². The summed E-state index contributed by atoms with van der Waals surface area (Å²) in [6, 6.07) is 0. The van der Waals surface area contributed by atoms with E-state index < -0.39 is 76.2 Å². The molecule has 0 heterocycles. The van der Waals surface area contributed by atoms with Crippen LogP contribution in [0.5, 0.6) is 0 Å². The van der Waals surface area contributed by atoms with E-state index in [9.17, 15) is 32.1 Å². The largest absolute Gasteiger partial charge is 0.458 e. The van der Waals surface area contributed by atoms with Gasteiger partial charge in [-0.1, -0.05) is 43.2 Å². The molecule has 0 aromatic rings. The molecule has 0 amide bonds. The first kappa shape index (κ1) is 36.5. The Labute approximate surface area is 236 Å². The van der Waals surface area contributed by atoms with Crippen LogP contribution >= 0.6 is 43.2 Å². The molecule has 13 nitrogen and oxygen atoms in total. The molecule has 0 aromatic heterocycles. The summed E-state index contributed by atoms with van der Waals surface area (Å²) in [6.07, 6.45) is -3.85. The van der Waals surface area contributed by atoms with Crippen molar-refractivity contribution < 1.29 is 55.4 Å². The summed E-state index contributed by atoms with van der Waals surface area (Å²) in [7, 11) is 5.59. The highest BCUT2D eigenvalue weighted by molar-refractivity contribution is 8.78. The Morgan fingerprint density at radius 2 is 1.03 bits per heavy atom. The van der Waals surface area contributed by atoms with Gasteiger partial charge in [0.15, 0.2) is 34.4 Å². The summed E-state index contributed by atoms with van der Waals surface area (Å²) >= 11 is -4.20. The van der Waals surface area contributed by atoms with Crippen LogP contribution in [0.3, 0.4) is 0 Å². The van der Waals surface area contributed by atoms with Crippen molar-refractivity contribution in [2.45, 2.75) is 52.1 Å². The number of nitrogens with two attached hydrogens (primary N) is 1. The Hall–Kier alpha value is -0.540. The topological polar surface area (TPSA) is 195 Å². The first-order chi connectivity index (χ1) is 17.3. The summed E-state index contributed by atoms with van der Waals surface area (Å²) < 4.78 is 56.9. The number of rotatable bonds is 20. The van der Waals surface area contributed by atoms with E-state index in [1.54, 1.807) is 0 Å². The maximum atomic E-state index is 11.7. The Balaban J connectivity index is 4.69. The van der Waals surface area contributed by atoms with Crippen LogP contribution < -0.4 is 5.90 Å². The van der Waals surface area contributed by atoms with E-state index in [1.165, 1.54) is 63.9 Å². The fourth-order valence-corrected chi connectivity index (χ4v) is 8.77. The van der Waals surface area contributed by atoms with Gasteiger partial charge in [0.2, 0.25) is 0 Å². The molecule has 0 aromatic carbocycles. The van der Waals surface area contributed by atoms with E-state index in [2.05, 4.69) is 4.28 Å². The first-order valence-corrected chi connectivity index (χ1v) is 17.9. The average Bonchev–Trinajstić information content (AvgIpc) is 2.76. The van der Waals surface area contributed by atoms with Crippen LogP contribution in [0.15, 0.2) is 0 Å². The molecule has 19 heteroatoms. The van der Waals surface area contributed by atoms with Crippen LogP contribution in [0.2, 0.25) is 0 Å². The number of carbonyl (C=O) groups is 4. The summed E-state index contributed by atoms with van der Waals surface area (Å²) in [6.45, 7) is 4.72. The molecular formula is C18H31NO12S6. The second kappa shape index (κ2) is 21.3. The van der Waals surface area contributed by atoms with Gasteiger partial charge in [-0.2, -0.15) is 5.90 Å².